The molecule has 1 heterocycles. The number of rotatable bonds is 4. The fourth-order valence-corrected chi connectivity index (χ4v) is 3.40. The number of piperazine rings is 1. The molecule has 1 fully saturated rings. The fourth-order valence-electron chi connectivity index (χ4n) is 3.40. The summed E-state index contributed by atoms with van der Waals surface area (Å²) in [6.45, 7) is 3.93. The van der Waals surface area contributed by atoms with Gasteiger partial charge in [0.25, 0.3) is 11.8 Å². The van der Waals surface area contributed by atoms with E-state index in [-0.39, 0.29) is 29.2 Å². The van der Waals surface area contributed by atoms with Gasteiger partial charge in [0, 0.05) is 62.5 Å². The van der Waals surface area contributed by atoms with Crippen LogP contribution in [0.3, 0.4) is 0 Å². The van der Waals surface area contributed by atoms with Crippen molar-refractivity contribution in [3.8, 4) is 0 Å². The number of carbonyl (C=O) groups excluding carboxylic acids is 4. The van der Waals surface area contributed by atoms with Gasteiger partial charge in [-0.15, -0.1) is 0 Å². The van der Waals surface area contributed by atoms with E-state index in [1.54, 1.807) is 34.1 Å². The number of anilines is 2. The van der Waals surface area contributed by atoms with Crippen molar-refractivity contribution in [3.63, 3.8) is 0 Å². The van der Waals surface area contributed by atoms with Gasteiger partial charge in [-0.25, -0.2) is 4.39 Å². The zero-order chi connectivity index (χ0) is 22.5. The second kappa shape index (κ2) is 9.38. The molecule has 0 bridgehead atoms. The quantitative estimate of drug-likeness (QED) is 0.784. The predicted octanol–water partition coefficient (Wildman–Crippen LogP) is 2.34. The maximum atomic E-state index is 13.4. The standard InChI is InChI=1S/C22H23FN4O4/c1-14(28)24-19-11-17(12-20(13-19)25-15(2)29)22(31)27-8-6-26(7-9-27)21(30)16-4-3-5-18(23)10-16/h3-5,10-13H,6-9H2,1-2H3,(H,24,28)(H,25,29). The lowest BCUT2D eigenvalue weighted by Crippen LogP contribution is -2.50. The van der Waals surface area contributed by atoms with Crippen molar-refractivity contribution in [1.29, 1.82) is 0 Å². The summed E-state index contributed by atoms with van der Waals surface area (Å²) in [4.78, 5) is 51.6. The van der Waals surface area contributed by atoms with Crippen LogP contribution >= 0.6 is 0 Å². The van der Waals surface area contributed by atoms with Crippen LogP contribution in [0.2, 0.25) is 0 Å². The van der Waals surface area contributed by atoms with E-state index in [4.69, 9.17) is 0 Å². The number of amides is 4. The van der Waals surface area contributed by atoms with Gasteiger partial charge in [-0.2, -0.15) is 0 Å². The zero-order valence-electron chi connectivity index (χ0n) is 17.3. The molecule has 2 N–H and O–H groups in total. The molecule has 2 aromatic carbocycles. The average molecular weight is 426 g/mol. The summed E-state index contributed by atoms with van der Waals surface area (Å²) in [5.41, 5.74) is 1.35. The third kappa shape index (κ3) is 5.65. The molecule has 8 nitrogen and oxygen atoms in total. The van der Waals surface area contributed by atoms with E-state index in [0.717, 1.165) is 0 Å². The maximum absolute atomic E-state index is 13.4. The number of halogens is 1. The van der Waals surface area contributed by atoms with Gasteiger partial charge in [-0.05, 0) is 36.4 Å². The van der Waals surface area contributed by atoms with Crippen LogP contribution in [0.25, 0.3) is 0 Å². The minimum atomic E-state index is -0.478. The molecule has 162 valence electrons. The van der Waals surface area contributed by atoms with Gasteiger partial charge in [0.15, 0.2) is 0 Å². The summed E-state index contributed by atoms with van der Waals surface area (Å²) in [5.74, 6) is -1.65. The van der Waals surface area contributed by atoms with Crippen molar-refractivity contribution < 1.29 is 23.6 Å². The third-order valence-corrected chi connectivity index (χ3v) is 4.75. The molecular weight excluding hydrogens is 403 g/mol. The highest BCUT2D eigenvalue weighted by Gasteiger charge is 2.26. The van der Waals surface area contributed by atoms with E-state index in [0.29, 0.717) is 43.1 Å². The molecule has 4 amide bonds. The molecule has 1 aliphatic rings. The van der Waals surface area contributed by atoms with Crippen molar-refractivity contribution in [3.05, 3.63) is 59.4 Å². The van der Waals surface area contributed by atoms with Crippen LogP contribution in [0, 0.1) is 5.82 Å². The van der Waals surface area contributed by atoms with Gasteiger partial charge in [0.1, 0.15) is 5.82 Å². The molecule has 0 aromatic heterocycles. The monoisotopic (exact) mass is 426 g/mol. The Bertz CT molecular complexity index is 998. The molecule has 0 saturated carbocycles. The number of hydrogen-bond donors (Lipinski definition) is 2. The van der Waals surface area contributed by atoms with E-state index >= 15 is 0 Å². The first-order valence-electron chi connectivity index (χ1n) is 9.77. The Kier molecular flexibility index (Phi) is 6.64. The maximum Gasteiger partial charge on any atom is 0.254 e. The van der Waals surface area contributed by atoms with Gasteiger partial charge in [0.05, 0.1) is 0 Å². The summed E-state index contributed by atoms with van der Waals surface area (Å²) < 4.78 is 13.4. The Morgan fingerprint density at radius 3 is 1.68 bits per heavy atom. The zero-order valence-corrected chi connectivity index (χ0v) is 17.3. The molecule has 0 spiro atoms. The van der Waals surface area contributed by atoms with E-state index < -0.39 is 5.82 Å². The average Bonchev–Trinajstić information content (AvgIpc) is 2.71. The molecular formula is C22H23FN4O4. The minimum absolute atomic E-state index is 0.266. The third-order valence-electron chi connectivity index (χ3n) is 4.75. The van der Waals surface area contributed by atoms with Crippen LogP contribution in [0.15, 0.2) is 42.5 Å². The lowest BCUT2D eigenvalue weighted by molar-refractivity contribution is -0.115. The molecule has 0 aliphatic carbocycles. The Hall–Kier alpha value is -3.75. The molecule has 9 heteroatoms. The molecule has 1 saturated heterocycles. The van der Waals surface area contributed by atoms with Gasteiger partial charge in [-0.3, -0.25) is 19.2 Å². The van der Waals surface area contributed by atoms with Crippen molar-refractivity contribution in [2.45, 2.75) is 13.8 Å². The second-order valence-corrected chi connectivity index (χ2v) is 7.26. The topological polar surface area (TPSA) is 98.8 Å². The lowest BCUT2D eigenvalue weighted by Gasteiger charge is -2.35. The van der Waals surface area contributed by atoms with Gasteiger partial charge in [0.2, 0.25) is 11.8 Å². The number of benzene rings is 2. The highest BCUT2D eigenvalue weighted by atomic mass is 19.1. The van der Waals surface area contributed by atoms with E-state index in [2.05, 4.69) is 10.6 Å². The van der Waals surface area contributed by atoms with E-state index in [1.165, 1.54) is 32.0 Å². The Morgan fingerprint density at radius 1 is 0.742 bits per heavy atom. The number of carbonyl (C=O) groups is 4. The van der Waals surface area contributed by atoms with Gasteiger partial charge >= 0.3 is 0 Å². The van der Waals surface area contributed by atoms with Crippen molar-refractivity contribution in [2.75, 3.05) is 36.8 Å². The van der Waals surface area contributed by atoms with Crippen LogP contribution in [0.4, 0.5) is 15.8 Å². The molecule has 2 aromatic rings. The second-order valence-electron chi connectivity index (χ2n) is 7.26. The van der Waals surface area contributed by atoms with Crippen molar-refractivity contribution in [1.82, 2.24) is 9.80 Å². The van der Waals surface area contributed by atoms with Crippen LogP contribution in [0.1, 0.15) is 34.6 Å². The van der Waals surface area contributed by atoms with Crippen LogP contribution in [0.5, 0.6) is 0 Å². The van der Waals surface area contributed by atoms with Gasteiger partial charge in [-0.1, -0.05) is 6.07 Å². The summed E-state index contributed by atoms with van der Waals surface area (Å²) >= 11 is 0. The lowest BCUT2D eigenvalue weighted by atomic mass is 10.1. The summed E-state index contributed by atoms with van der Waals surface area (Å²) in [7, 11) is 0. The Balaban J connectivity index is 1.71. The fraction of sp³-hybridized carbons (Fsp3) is 0.273. The highest BCUT2D eigenvalue weighted by Crippen LogP contribution is 2.21. The first kappa shape index (κ1) is 21.9. The summed E-state index contributed by atoms with van der Waals surface area (Å²) in [6.07, 6.45) is 0. The van der Waals surface area contributed by atoms with Crippen LogP contribution in [-0.2, 0) is 9.59 Å². The smallest absolute Gasteiger partial charge is 0.254 e. The first-order valence-corrected chi connectivity index (χ1v) is 9.77. The minimum Gasteiger partial charge on any atom is -0.335 e. The number of nitrogens with zero attached hydrogens (tertiary/aromatic N) is 2. The van der Waals surface area contributed by atoms with Crippen molar-refractivity contribution in [2.24, 2.45) is 0 Å². The van der Waals surface area contributed by atoms with E-state index in [1.807, 2.05) is 0 Å². The van der Waals surface area contributed by atoms with Crippen molar-refractivity contribution >= 4 is 35.0 Å². The summed E-state index contributed by atoms with van der Waals surface area (Å²) in [6, 6.07) is 10.2. The SMILES string of the molecule is CC(=O)Nc1cc(NC(C)=O)cc(C(=O)N2CCN(C(=O)c3cccc(F)c3)CC2)c1. The highest BCUT2D eigenvalue weighted by molar-refractivity contribution is 6.00. The normalized spacial score (nSPS) is 13.5. The molecule has 0 unspecified atom stereocenters. The number of nitrogens with one attached hydrogen (secondary N) is 2. The Morgan fingerprint density at radius 2 is 1.23 bits per heavy atom. The van der Waals surface area contributed by atoms with Crippen LogP contribution < -0.4 is 10.6 Å². The molecule has 3 rings (SSSR count). The Labute approximate surface area is 179 Å². The molecule has 1 aliphatic heterocycles. The number of hydrogen-bond acceptors (Lipinski definition) is 4. The largest absolute Gasteiger partial charge is 0.335 e. The van der Waals surface area contributed by atoms with Crippen LogP contribution in [-0.4, -0.2) is 59.6 Å². The van der Waals surface area contributed by atoms with E-state index in [9.17, 15) is 23.6 Å². The molecule has 0 atom stereocenters. The van der Waals surface area contributed by atoms with Gasteiger partial charge < -0.3 is 20.4 Å². The first-order chi connectivity index (χ1) is 14.7. The molecule has 0 radical (unpaired) electrons. The summed E-state index contributed by atoms with van der Waals surface area (Å²) in [5, 5.41) is 5.23. The molecule has 31 heavy (non-hydrogen) atoms. The predicted molar refractivity (Wildman–Crippen MR) is 113 cm³/mol.